The highest BCUT2D eigenvalue weighted by Crippen LogP contribution is 2.43. The molecule has 0 aliphatic carbocycles. The van der Waals surface area contributed by atoms with Gasteiger partial charge in [-0.1, -0.05) is 121 Å². The van der Waals surface area contributed by atoms with Gasteiger partial charge in [0.05, 0.1) is 29.0 Å². The Bertz CT molecular complexity index is 3620. The van der Waals surface area contributed by atoms with Gasteiger partial charge in [0, 0.05) is 43.6 Å². The summed E-state index contributed by atoms with van der Waals surface area (Å²) in [5, 5.41) is 6.45. The van der Waals surface area contributed by atoms with E-state index in [1.54, 1.807) is 0 Å². The summed E-state index contributed by atoms with van der Waals surface area (Å²) in [6.45, 7) is 8.25. The predicted molar refractivity (Wildman–Crippen MR) is 239 cm³/mol. The van der Waals surface area contributed by atoms with Crippen LogP contribution < -0.4 is 0 Å². The molecule has 0 N–H and O–H groups in total. The SMILES string of the molecule is [C-]#[N+]c1c(-c2ccccc2)nc(-c2cccc3oc4ccc(-n5c6ccccc6c6cc(-c7ccc8oc9ccccc9c8c7)ccc65)cc4c23)nc1-c1ccccc1. The Labute approximate surface area is 337 Å². The molecule has 0 amide bonds. The van der Waals surface area contributed by atoms with Crippen molar-refractivity contribution in [2.24, 2.45) is 0 Å². The van der Waals surface area contributed by atoms with E-state index in [9.17, 15) is 0 Å². The molecule has 274 valence electrons. The molecule has 6 heteroatoms. The first-order valence-electron chi connectivity index (χ1n) is 19.5. The summed E-state index contributed by atoms with van der Waals surface area (Å²) in [6, 6.07) is 62.2. The van der Waals surface area contributed by atoms with Gasteiger partial charge in [-0.25, -0.2) is 14.8 Å². The fourth-order valence-corrected chi connectivity index (χ4v) is 8.75. The standard InChI is InChI=1S/C53H30N4O2/c1-54-52-50(32-13-4-2-5-14-32)55-53(56-51(52)33-15-6-3-7-16-33)39-19-12-22-48-49(39)42-31-36(25-28-47(42)59-48)57-43-20-10-8-17-37(43)40-29-34(23-26-44(40)57)35-24-27-46-41(30-35)38-18-9-11-21-45(38)58-46/h2-31H. The Morgan fingerprint density at radius 3 is 1.76 bits per heavy atom. The van der Waals surface area contributed by atoms with Crippen molar-refractivity contribution in [1.82, 2.24) is 14.5 Å². The smallest absolute Gasteiger partial charge is 0.238 e. The van der Waals surface area contributed by atoms with Gasteiger partial charge in [-0.05, 0) is 82.9 Å². The van der Waals surface area contributed by atoms with E-state index in [0.717, 1.165) is 88.4 Å². The highest BCUT2D eigenvalue weighted by molar-refractivity contribution is 6.14. The van der Waals surface area contributed by atoms with Crippen molar-refractivity contribution < 1.29 is 8.83 Å². The van der Waals surface area contributed by atoms with E-state index in [4.69, 9.17) is 25.4 Å². The van der Waals surface area contributed by atoms with E-state index in [1.807, 2.05) is 91.0 Å². The number of fused-ring (bicyclic) bond motifs is 9. The maximum Gasteiger partial charge on any atom is 0.238 e. The van der Waals surface area contributed by atoms with Crippen molar-refractivity contribution in [3.63, 3.8) is 0 Å². The lowest BCUT2D eigenvalue weighted by molar-refractivity contribution is 0.668. The lowest BCUT2D eigenvalue weighted by Crippen LogP contribution is -1.97. The molecule has 0 saturated carbocycles. The highest BCUT2D eigenvalue weighted by Gasteiger charge is 2.22. The molecule has 0 saturated heterocycles. The average molecular weight is 755 g/mol. The van der Waals surface area contributed by atoms with Gasteiger partial charge in [0.1, 0.15) is 22.3 Å². The Morgan fingerprint density at radius 2 is 1.00 bits per heavy atom. The average Bonchev–Trinajstić information content (AvgIpc) is 3.98. The molecule has 4 aromatic heterocycles. The zero-order valence-corrected chi connectivity index (χ0v) is 31.4. The van der Waals surface area contributed by atoms with Crippen LogP contribution >= 0.6 is 0 Å². The molecule has 0 spiro atoms. The fraction of sp³-hybridized carbons (Fsp3) is 0. The van der Waals surface area contributed by atoms with Gasteiger partial charge in [0.15, 0.2) is 5.82 Å². The summed E-state index contributed by atoms with van der Waals surface area (Å²) in [7, 11) is 0. The number of hydrogen-bond acceptors (Lipinski definition) is 4. The molecule has 12 rings (SSSR count). The minimum absolute atomic E-state index is 0.419. The summed E-state index contributed by atoms with van der Waals surface area (Å²) < 4.78 is 15.0. The minimum atomic E-state index is 0.419. The Morgan fingerprint density at radius 1 is 0.424 bits per heavy atom. The van der Waals surface area contributed by atoms with Gasteiger partial charge in [-0.3, -0.25) is 0 Å². The van der Waals surface area contributed by atoms with Crippen molar-refractivity contribution in [2.75, 3.05) is 0 Å². The lowest BCUT2D eigenvalue weighted by atomic mass is 10.0. The molecular formula is C53H30N4O2. The van der Waals surface area contributed by atoms with E-state index in [2.05, 4.69) is 100 Å². The van der Waals surface area contributed by atoms with E-state index in [1.165, 1.54) is 10.8 Å². The number of aromatic nitrogens is 3. The van der Waals surface area contributed by atoms with Crippen LogP contribution in [0.4, 0.5) is 5.69 Å². The Hall–Kier alpha value is -8.27. The first-order chi connectivity index (χ1) is 29.2. The monoisotopic (exact) mass is 754 g/mol. The predicted octanol–water partition coefficient (Wildman–Crippen LogP) is 14.6. The molecule has 0 aliphatic rings. The molecule has 6 nitrogen and oxygen atoms in total. The van der Waals surface area contributed by atoms with Crippen molar-refractivity contribution in [3.05, 3.63) is 193 Å². The van der Waals surface area contributed by atoms with Gasteiger partial charge in [-0.2, -0.15) is 0 Å². The largest absolute Gasteiger partial charge is 0.456 e. The number of nitrogens with zero attached hydrogens (tertiary/aromatic N) is 4. The number of rotatable bonds is 5. The number of hydrogen-bond donors (Lipinski definition) is 0. The van der Waals surface area contributed by atoms with Crippen LogP contribution in [0.3, 0.4) is 0 Å². The maximum atomic E-state index is 8.25. The fourth-order valence-electron chi connectivity index (χ4n) is 8.75. The Balaban J connectivity index is 1.05. The topological polar surface area (TPSA) is 61.4 Å². The van der Waals surface area contributed by atoms with Crippen molar-refractivity contribution in [3.8, 4) is 50.7 Å². The summed E-state index contributed by atoms with van der Waals surface area (Å²) in [5.41, 5.74) is 13.0. The second-order valence-corrected chi connectivity index (χ2v) is 14.8. The maximum absolute atomic E-state index is 8.25. The molecular weight excluding hydrogens is 725 g/mol. The van der Waals surface area contributed by atoms with E-state index >= 15 is 0 Å². The molecule has 0 radical (unpaired) electrons. The molecule has 59 heavy (non-hydrogen) atoms. The molecule has 8 aromatic carbocycles. The summed E-state index contributed by atoms with van der Waals surface area (Å²) in [6.07, 6.45) is 0. The van der Waals surface area contributed by atoms with Crippen LogP contribution in [0.5, 0.6) is 0 Å². The van der Waals surface area contributed by atoms with Gasteiger partial charge in [-0.15, -0.1) is 0 Å². The van der Waals surface area contributed by atoms with Crippen LogP contribution in [0.2, 0.25) is 0 Å². The van der Waals surface area contributed by atoms with Gasteiger partial charge in [0.25, 0.3) is 0 Å². The summed E-state index contributed by atoms with van der Waals surface area (Å²) >= 11 is 0. The Kier molecular flexibility index (Phi) is 7.19. The third kappa shape index (κ3) is 5.12. The summed E-state index contributed by atoms with van der Waals surface area (Å²) in [5.74, 6) is 0.528. The molecule has 0 unspecified atom stereocenters. The second kappa shape index (κ2) is 12.9. The normalized spacial score (nSPS) is 11.7. The van der Waals surface area contributed by atoms with Crippen molar-refractivity contribution in [2.45, 2.75) is 0 Å². The second-order valence-electron chi connectivity index (χ2n) is 14.8. The van der Waals surface area contributed by atoms with E-state index in [0.29, 0.717) is 22.9 Å². The molecule has 12 aromatic rings. The number of benzene rings is 8. The zero-order chi connectivity index (χ0) is 39.0. The minimum Gasteiger partial charge on any atom is -0.456 e. The first kappa shape index (κ1) is 32.9. The van der Waals surface area contributed by atoms with Crippen LogP contribution in [0.25, 0.3) is 121 Å². The molecule has 0 aliphatic heterocycles. The van der Waals surface area contributed by atoms with Crippen LogP contribution in [0, 0.1) is 6.57 Å². The van der Waals surface area contributed by atoms with Crippen LogP contribution in [-0.4, -0.2) is 14.5 Å². The van der Waals surface area contributed by atoms with Crippen molar-refractivity contribution in [1.29, 1.82) is 0 Å². The highest BCUT2D eigenvalue weighted by atomic mass is 16.3. The number of para-hydroxylation sites is 2. The van der Waals surface area contributed by atoms with Crippen LogP contribution in [0.15, 0.2) is 191 Å². The molecule has 0 bridgehead atoms. The van der Waals surface area contributed by atoms with Crippen molar-refractivity contribution >= 4 is 71.4 Å². The third-order valence-corrected chi connectivity index (χ3v) is 11.5. The van der Waals surface area contributed by atoms with Gasteiger partial charge < -0.3 is 13.4 Å². The zero-order valence-electron chi connectivity index (χ0n) is 31.4. The quantitative estimate of drug-likeness (QED) is 0.164. The lowest BCUT2D eigenvalue weighted by Gasteiger charge is -2.13. The van der Waals surface area contributed by atoms with E-state index < -0.39 is 0 Å². The van der Waals surface area contributed by atoms with Gasteiger partial charge in [0.2, 0.25) is 5.69 Å². The molecule has 4 heterocycles. The van der Waals surface area contributed by atoms with E-state index in [-0.39, 0.29) is 0 Å². The van der Waals surface area contributed by atoms with Crippen LogP contribution in [-0.2, 0) is 0 Å². The number of furan rings is 2. The van der Waals surface area contributed by atoms with Crippen LogP contribution in [0.1, 0.15) is 0 Å². The van der Waals surface area contributed by atoms with Gasteiger partial charge >= 0.3 is 0 Å². The molecule has 0 fully saturated rings. The molecule has 0 atom stereocenters. The first-order valence-corrected chi connectivity index (χ1v) is 19.5. The summed E-state index contributed by atoms with van der Waals surface area (Å²) in [4.78, 5) is 14.3. The third-order valence-electron chi connectivity index (χ3n) is 11.5.